The first kappa shape index (κ1) is 20.9. The predicted octanol–water partition coefficient (Wildman–Crippen LogP) is 4.92. The van der Waals surface area contributed by atoms with Gasteiger partial charge in [0.15, 0.2) is 0 Å². The maximum absolute atomic E-state index is 13.0. The molecule has 0 saturated heterocycles. The van der Waals surface area contributed by atoms with Gasteiger partial charge in [-0.1, -0.05) is 42.5 Å². The van der Waals surface area contributed by atoms with Gasteiger partial charge in [-0.25, -0.2) is 4.79 Å². The molecule has 5 heteroatoms. The van der Waals surface area contributed by atoms with E-state index in [0.29, 0.717) is 25.0 Å². The molecule has 0 N–H and O–H groups in total. The summed E-state index contributed by atoms with van der Waals surface area (Å²) in [5.41, 5.74) is 2.96. The van der Waals surface area contributed by atoms with Gasteiger partial charge in [-0.15, -0.1) is 0 Å². The molecule has 1 heterocycles. The normalized spacial score (nSPS) is 23.0. The lowest BCUT2D eigenvalue weighted by Gasteiger charge is -2.36. The molecule has 2 aromatic rings. The standard InChI is InChI=1S/C26H26O5/c1-17-8-9-18(2)22(14-17)31-24-16-29-23-15-20(11-12-21(23)26(24)28)30-25(27)13-10-19-6-4-3-5-7-19/h3-10,13-14,16,20-21,23H,11-12,15H2,1-2H3/b13-10+. The van der Waals surface area contributed by atoms with Crippen LogP contribution >= 0.6 is 0 Å². The number of fused-ring (bicyclic) bond motifs is 1. The lowest BCUT2D eigenvalue weighted by molar-refractivity contribution is -0.149. The van der Waals surface area contributed by atoms with Gasteiger partial charge >= 0.3 is 5.97 Å². The van der Waals surface area contributed by atoms with E-state index in [2.05, 4.69) is 0 Å². The van der Waals surface area contributed by atoms with Crippen molar-refractivity contribution < 1.29 is 23.8 Å². The van der Waals surface area contributed by atoms with Gasteiger partial charge in [0, 0.05) is 12.5 Å². The molecule has 0 aromatic heterocycles. The highest BCUT2D eigenvalue weighted by Gasteiger charge is 2.42. The van der Waals surface area contributed by atoms with Crippen LogP contribution < -0.4 is 4.74 Å². The van der Waals surface area contributed by atoms with Crippen molar-refractivity contribution in [3.05, 3.63) is 83.3 Å². The molecule has 5 nitrogen and oxygen atoms in total. The van der Waals surface area contributed by atoms with Crippen LogP contribution in [-0.2, 0) is 19.1 Å². The topological polar surface area (TPSA) is 61.8 Å². The molecule has 3 atom stereocenters. The first-order valence-corrected chi connectivity index (χ1v) is 10.6. The Morgan fingerprint density at radius 3 is 2.71 bits per heavy atom. The van der Waals surface area contributed by atoms with Crippen molar-refractivity contribution in [1.82, 2.24) is 0 Å². The van der Waals surface area contributed by atoms with Crippen LogP contribution in [-0.4, -0.2) is 24.0 Å². The Bertz CT molecular complexity index is 1020. The summed E-state index contributed by atoms with van der Waals surface area (Å²) < 4.78 is 17.3. The number of carbonyl (C=O) groups is 2. The van der Waals surface area contributed by atoms with E-state index in [9.17, 15) is 9.59 Å². The first-order chi connectivity index (χ1) is 15.0. The van der Waals surface area contributed by atoms with Gasteiger partial charge in [-0.05, 0) is 55.5 Å². The second kappa shape index (κ2) is 9.21. The highest BCUT2D eigenvalue weighted by atomic mass is 16.5. The van der Waals surface area contributed by atoms with Crippen LogP contribution in [0.4, 0.5) is 0 Å². The van der Waals surface area contributed by atoms with Crippen molar-refractivity contribution >= 4 is 17.8 Å². The van der Waals surface area contributed by atoms with Crippen LogP contribution in [0.1, 0.15) is 36.0 Å². The third-order valence-corrected chi connectivity index (χ3v) is 5.73. The fourth-order valence-corrected chi connectivity index (χ4v) is 3.98. The van der Waals surface area contributed by atoms with Gasteiger partial charge in [-0.2, -0.15) is 0 Å². The Labute approximate surface area is 182 Å². The van der Waals surface area contributed by atoms with Crippen molar-refractivity contribution in [2.45, 2.75) is 45.3 Å². The number of rotatable bonds is 5. The number of allylic oxidation sites excluding steroid dienone is 1. The SMILES string of the molecule is Cc1ccc(C)c(OC2=COC3CC(OC(=O)/C=C/c4ccccc4)CCC3C2=O)c1. The molecular formula is C26H26O5. The second-order valence-electron chi connectivity index (χ2n) is 8.11. The van der Waals surface area contributed by atoms with E-state index in [1.165, 1.54) is 12.3 Å². The van der Waals surface area contributed by atoms with Gasteiger partial charge in [0.05, 0.1) is 5.92 Å². The minimum atomic E-state index is -0.385. The summed E-state index contributed by atoms with van der Waals surface area (Å²) in [4.78, 5) is 25.1. The number of hydrogen-bond acceptors (Lipinski definition) is 5. The Morgan fingerprint density at radius 1 is 1.10 bits per heavy atom. The van der Waals surface area contributed by atoms with Crippen LogP contribution in [0.3, 0.4) is 0 Å². The van der Waals surface area contributed by atoms with Crippen molar-refractivity contribution in [3.63, 3.8) is 0 Å². The highest BCUT2D eigenvalue weighted by molar-refractivity contribution is 5.96. The van der Waals surface area contributed by atoms with Crippen LogP contribution in [0.15, 0.2) is 66.6 Å². The quantitative estimate of drug-likeness (QED) is 0.510. The monoisotopic (exact) mass is 418 g/mol. The maximum atomic E-state index is 13.0. The zero-order valence-corrected chi connectivity index (χ0v) is 17.7. The molecule has 3 unspecified atom stereocenters. The molecule has 2 aliphatic rings. The molecule has 1 saturated carbocycles. The average Bonchev–Trinajstić information content (AvgIpc) is 2.77. The molecule has 0 radical (unpaired) electrons. The summed E-state index contributed by atoms with van der Waals surface area (Å²) in [6.45, 7) is 3.92. The van der Waals surface area contributed by atoms with Gasteiger partial charge in [0.1, 0.15) is 24.2 Å². The van der Waals surface area contributed by atoms with Gasteiger partial charge < -0.3 is 14.2 Å². The van der Waals surface area contributed by atoms with Gasteiger partial charge in [-0.3, -0.25) is 4.79 Å². The van der Waals surface area contributed by atoms with E-state index >= 15 is 0 Å². The summed E-state index contributed by atoms with van der Waals surface area (Å²) >= 11 is 0. The number of ketones is 1. The molecule has 0 spiro atoms. The number of esters is 1. The fraction of sp³-hybridized carbons (Fsp3) is 0.308. The number of Topliss-reactive ketones (excluding diaryl/α,β-unsaturated/α-hetero) is 1. The molecule has 1 fully saturated rings. The Morgan fingerprint density at radius 2 is 1.90 bits per heavy atom. The van der Waals surface area contributed by atoms with Gasteiger partial charge in [0.2, 0.25) is 11.5 Å². The summed E-state index contributed by atoms with van der Waals surface area (Å²) in [6, 6.07) is 15.5. The van der Waals surface area contributed by atoms with Crippen LogP contribution in [0, 0.1) is 19.8 Å². The third-order valence-electron chi connectivity index (χ3n) is 5.73. The molecule has 160 valence electrons. The van der Waals surface area contributed by atoms with E-state index in [1.54, 1.807) is 6.08 Å². The van der Waals surface area contributed by atoms with Crippen molar-refractivity contribution in [1.29, 1.82) is 0 Å². The van der Waals surface area contributed by atoms with Crippen LogP contribution in [0.5, 0.6) is 5.75 Å². The number of ether oxygens (including phenoxy) is 3. The summed E-state index contributed by atoms with van der Waals surface area (Å²) in [5.74, 6) is 0.181. The zero-order valence-electron chi connectivity index (χ0n) is 17.7. The molecular weight excluding hydrogens is 392 g/mol. The second-order valence-corrected chi connectivity index (χ2v) is 8.11. The largest absolute Gasteiger partial charge is 0.493 e. The zero-order chi connectivity index (χ0) is 21.8. The van der Waals surface area contributed by atoms with Crippen molar-refractivity contribution in [2.75, 3.05) is 0 Å². The van der Waals surface area contributed by atoms with Crippen LogP contribution in [0.25, 0.3) is 6.08 Å². The summed E-state index contributed by atoms with van der Waals surface area (Å²) in [5, 5.41) is 0. The molecule has 2 aromatic carbocycles. The minimum absolute atomic E-state index is 0.0501. The van der Waals surface area contributed by atoms with Crippen molar-refractivity contribution in [3.8, 4) is 5.75 Å². The molecule has 31 heavy (non-hydrogen) atoms. The van der Waals surface area contributed by atoms with Crippen LogP contribution in [0.2, 0.25) is 0 Å². The molecule has 0 amide bonds. The minimum Gasteiger partial charge on any atom is -0.493 e. The lowest BCUT2D eigenvalue weighted by Crippen LogP contribution is -2.42. The summed E-state index contributed by atoms with van der Waals surface area (Å²) in [6.07, 6.45) is 5.72. The molecule has 0 bridgehead atoms. The number of hydrogen-bond donors (Lipinski definition) is 0. The van der Waals surface area contributed by atoms with E-state index in [-0.39, 0.29) is 35.6 Å². The van der Waals surface area contributed by atoms with Crippen molar-refractivity contribution in [2.24, 2.45) is 5.92 Å². The molecule has 4 rings (SSSR count). The summed E-state index contributed by atoms with van der Waals surface area (Å²) in [7, 11) is 0. The van der Waals surface area contributed by atoms with E-state index in [4.69, 9.17) is 14.2 Å². The fourth-order valence-electron chi connectivity index (χ4n) is 3.98. The number of aryl methyl sites for hydroxylation is 2. The third kappa shape index (κ3) is 5.05. The highest BCUT2D eigenvalue weighted by Crippen LogP contribution is 2.35. The Kier molecular flexibility index (Phi) is 6.21. The lowest BCUT2D eigenvalue weighted by atomic mass is 9.80. The van der Waals surface area contributed by atoms with E-state index in [1.807, 2.05) is 62.4 Å². The Hall–Kier alpha value is -3.34. The molecule has 1 aliphatic heterocycles. The first-order valence-electron chi connectivity index (χ1n) is 10.6. The van der Waals surface area contributed by atoms with Gasteiger partial charge in [0.25, 0.3) is 0 Å². The smallest absolute Gasteiger partial charge is 0.331 e. The number of carbonyl (C=O) groups excluding carboxylic acids is 2. The average molecular weight is 418 g/mol. The molecule has 1 aliphatic carbocycles. The number of benzene rings is 2. The Balaban J connectivity index is 1.35. The maximum Gasteiger partial charge on any atom is 0.331 e. The van der Waals surface area contributed by atoms with E-state index < -0.39 is 0 Å². The predicted molar refractivity (Wildman–Crippen MR) is 117 cm³/mol. The van der Waals surface area contributed by atoms with E-state index in [0.717, 1.165) is 16.7 Å².